The standard InChI is InChI=1S/C23H29NO3S/c1-2-27-22-9-4-3-7-19(22)10-11-23(25)24-20-8-5-6-18(16-20)17-28-21-12-14-26-15-13-21/h3-9,16,21H,2,10-15,17H2,1H3,(H,24,25). The third-order valence-electron chi connectivity index (χ3n) is 4.76. The summed E-state index contributed by atoms with van der Waals surface area (Å²) in [6.07, 6.45) is 3.36. The van der Waals surface area contributed by atoms with Crippen LogP contribution in [0.2, 0.25) is 0 Å². The lowest BCUT2D eigenvalue weighted by molar-refractivity contribution is -0.116. The summed E-state index contributed by atoms with van der Waals surface area (Å²) in [6, 6.07) is 16.1. The zero-order valence-corrected chi connectivity index (χ0v) is 17.3. The molecule has 1 aliphatic rings. The van der Waals surface area contributed by atoms with Crippen LogP contribution in [0.25, 0.3) is 0 Å². The van der Waals surface area contributed by atoms with Crippen molar-refractivity contribution in [2.75, 3.05) is 25.1 Å². The number of carbonyl (C=O) groups is 1. The maximum absolute atomic E-state index is 12.4. The number of carbonyl (C=O) groups excluding carboxylic acids is 1. The van der Waals surface area contributed by atoms with Gasteiger partial charge >= 0.3 is 0 Å². The minimum atomic E-state index is 0.0283. The van der Waals surface area contributed by atoms with Crippen LogP contribution in [0.5, 0.6) is 5.75 Å². The van der Waals surface area contributed by atoms with E-state index in [1.54, 1.807) is 0 Å². The highest BCUT2D eigenvalue weighted by Crippen LogP contribution is 2.26. The van der Waals surface area contributed by atoms with E-state index in [1.807, 2.05) is 55.1 Å². The van der Waals surface area contributed by atoms with Crippen LogP contribution in [-0.2, 0) is 21.7 Å². The number of nitrogens with one attached hydrogen (secondary N) is 1. The highest BCUT2D eigenvalue weighted by Gasteiger charge is 2.14. The quantitative estimate of drug-likeness (QED) is 0.640. The van der Waals surface area contributed by atoms with Crippen molar-refractivity contribution in [1.82, 2.24) is 0 Å². The van der Waals surface area contributed by atoms with Gasteiger partial charge in [0.05, 0.1) is 6.61 Å². The third-order valence-corrected chi connectivity index (χ3v) is 6.20. The third kappa shape index (κ3) is 6.57. The molecule has 4 nitrogen and oxygen atoms in total. The SMILES string of the molecule is CCOc1ccccc1CCC(=O)Nc1cccc(CSC2CCOCC2)c1. The molecule has 0 aliphatic carbocycles. The van der Waals surface area contributed by atoms with Gasteiger partial charge in [-0.05, 0) is 55.5 Å². The average molecular weight is 400 g/mol. The number of ether oxygens (including phenoxy) is 2. The van der Waals surface area contributed by atoms with Gasteiger partial charge in [0.1, 0.15) is 5.75 Å². The van der Waals surface area contributed by atoms with Gasteiger partial charge in [0, 0.05) is 36.3 Å². The van der Waals surface area contributed by atoms with Gasteiger partial charge in [0.25, 0.3) is 0 Å². The zero-order valence-electron chi connectivity index (χ0n) is 16.5. The smallest absolute Gasteiger partial charge is 0.224 e. The molecule has 1 aliphatic heterocycles. The summed E-state index contributed by atoms with van der Waals surface area (Å²) in [5.74, 6) is 1.86. The van der Waals surface area contributed by atoms with Crippen molar-refractivity contribution < 1.29 is 14.3 Å². The Morgan fingerprint density at radius 2 is 2.00 bits per heavy atom. The first-order chi connectivity index (χ1) is 13.7. The minimum absolute atomic E-state index is 0.0283. The highest BCUT2D eigenvalue weighted by atomic mass is 32.2. The predicted octanol–water partition coefficient (Wildman–Crippen LogP) is 5.07. The van der Waals surface area contributed by atoms with Crippen molar-refractivity contribution in [3.8, 4) is 5.75 Å². The van der Waals surface area contributed by atoms with E-state index in [-0.39, 0.29) is 5.91 Å². The van der Waals surface area contributed by atoms with Crippen LogP contribution in [0.1, 0.15) is 37.3 Å². The number of hydrogen-bond donors (Lipinski definition) is 1. The van der Waals surface area contributed by atoms with Gasteiger partial charge < -0.3 is 14.8 Å². The molecule has 1 fully saturated rings. The van der Waals surface area contributed by atoms with E-state index in [2.05, 4.69) is 17.4 Å². The molecule has 3 rings (SSSR count). The summed E-state index contributed by atoms with van der Waals surface area (Å²) < 4.78 is 11.1. The van der Waals surface area contributed by atoms with Gasteiger partial charge in [-0.15, -0.1) is 0 Å². The molecular weight excluding hydrogens is 370 g/mol. The van der Waals surface area contributed by atoms with E-state index < -0.39 is 0 Å². The van der Waals surface area contributed by atoms with Crippen molar-refractivity contribution in [1.29, 1.82) is 0 Å². The van der Waals surface area contributed by atoms with Gasteiger partial charge in [-0.25, -0.2) is 0 Å². The van der Waals surface area contributed by atoms with Crippen LogP contribution in [0.3, 0.4) is 0 Å². The Kier molecular flexibility index (Phi) is 8.24. The Morgan fingerprint density at radius 3 is 2.82 bits per heavy atom. The largest absolute Gasteiger partial charge is 0.494 e. The first-order valence-electron chi connectivity index (χ1n) is 10.0. The fraction of sp³-hybridized carbons (Fsp3) is 0.435. The molecule has 0 unspecified atom stereocenters. The lowest BCUT2D eigenvalue weighted by Crippen LogP contribution is -2.17. The molecule has 0 spiro atoms. The van der Waals surface area contributed by atoms with E-state index in [9.17, 15) is 4.79 Å². The molecule has 1 saturated heterocycles. The summed E-state index contributed by atoms with van der Waals surface area (Å²) >= 11 is 1.99. The monoisotopic (exact) mass is 399 g/mol. The van der Waals surface area contributed by atoms with Gasteiger partial charge in [0.15, 0.2) is 0 Å². The van der Waals surface area contributed by atoms with Gasteiger partial charge in [-0.2, -0.15) is 11.8 Å². The molecule has 1 heterocycles. The van der Waals surface area contributed by atoms with Crippen LogP contribution >= 0.6 is 11.8 Å². The molecule has 0 bridgehead atoms. The first-order valence-corrected chi connectivity index (χ1v) is 11.1. The Labute approximate surface area is 172 Å². The van der Waals surface area contributed by atoms with E-state index in [1.165, 1.54) is 5.56 Å². The average Bonchev–Trinajstić information content (AvgIpc) is 2.73. The van der Waals surface area contributed by atoms with Crippen molar-refractivity contribution in [2.45, 2.75) is 43.6 Å². The Balaban J connectivity index is 1.48. The molecule has 1 amide bonds. The molecule has 0 radical (unpaired) electrons. The van der Waals surface area contributed by atoms with E-state index in [0.29, 0.717) is 24.7 Å². The second-order valence-corrected chi connectivity index (χ2v) is 8.20. The second-order valence-electron chi connectivity index (χ2n) is 6.91. The highest BCUT2D eigenvalue weighted by molar-refractivity contribution is 7.99. The van der Waals surface area contributed by atoms with Crippen molar-refractivity contribution in [2.24, 2.45) is 0 Å². The molecule has 0 saturated carbocycles. The molecule has 2 aromatic carbocycles. The van der Waals surface area contributed by atoms with Crippen LogP contribution in [0, 0.1) is 0 Å². The van der Waals surface area contributed by atoms with Crippen LogP contribution < -0.4 is 10.1 Å². The van der Waals surface area contributed by atoms with E-state index >= 15 is 0 Å². The second kappa shape index (κ2) is 11.1. The number of thioether (sulfide) groups is 1. The van der Waals surface area contributed by atoms with Crippen molar-refractivity contribution in [3.05, 3.63) is 59.7 Å². The number of aryl methyl sites for hydroxylation is 1. The Bertz CT molecular complexity index is 759. The van der Waals surface area contributed by atoms with Gasteiger partial charge in [0.2, 0.25) is 5.91 Å². The lowest BCUT2D eigenvalue weighted by atomic mass is 10.1. The molecule has 2 aromatic rings. The molecule has 150 valence electrons. The topological polar surface area (TPSA) is 47.6 Å². The maximum atomic E-state index is 12.4. The fourth-order valence-electron chi connectivity index (χ4n) is 3.27. The summed E-state index contributed by atoms with van der Waals surface area (Å²) in [5, 5.41) is 3.71. The molecule has 0 aromatic heterocycles. The number of rotatable bonds is 9. The fourth-order valence-corrected chi connectivity index (χ4v) is 4.41. The van der Waals surface area contributed by atoms with Crippen molar-refractivity contribution >= 4 is 23.4 Å². The van der Waals surface area contributed by atoms with E-state index in [0.717, 1.165) is 48.8 Å². The molecule has 0 atom stereocenters. The number of benzene rings is 2. The minimum Gasteiger partial charge on any atom is -0.494 e. The van der Waals surface area contributed by atoms with Gasteiger partial charge in [-0.1, -0.05) is 30.3 Å². The van der Waals surface area contributed by atoms with Crippen LogP contribution in [0.4, 0.5) is 5.69 Å². The molecule has 28 heavy (non-hydrogen) atoms. The number of hydrogen-bond acceptors (Lipinski definition) is 4. The van der Waals surface area contributed by atoms with Crippen LogP contribution in [-0.4, -0.2) is 31.0 Å². The maximum Gasteiger partial charge on any atom is 0.224 e. The summed E-state index contributed by atoms with van der Waals surface area (Å²) in [5.41, 5.74) is 3.19. The molecule has 5 heteroatoms. The zero-order chi connectivity index (χ0) is 19.6. The number of para-hydroxylation sites is 1. The summed E-state index contributed by atoms with van der Waals surface area (Å²) in [7, 11) is 0. The Hall–Kier alpha value is -1.98. The number of anilines is 1. The normalized spacial score (nSPS) is 14.6. The lowest BCUT2D eigenvalue weighted by Gasteiger charge is -2.21. The molecule has 1 N–H and O–H groups in total. The Morgan fingerprint density at radius 1 is 1.18 bits per heavy atom. The van der Waals surface area contributed by atoms with Crippen molar-refractivity contribution in [3.63, 3.8) is 0 Å². The van der Waals surface area contributed by atoms with Crippen LogP contribution in [0.15, 0.2) is 48.5 Å². The summed E-state index contributed by atoms with van der Waals surface area (Å²) in [4.78, 5) is 12.4. The summed E-state index contributed by atoms with van der Waals surface area (Å²) in [6.45, 7) is 4.35. The van der Waals surface area contributed by atoms with Gasteiger partial charge in [-0.3, -0.25) is 4.79 Å². The molecular formula is C23H29NO3S. The predicted molar refractivity (Wildman–Crippen MR) is 116 cm³/mol. The van der Waals surface area contributed by atoms with E-state index in [4.69, 9.17) is 9.47 Å². The first kappa shape index (κ1) is 20.7. The number of amides is 1.